The molecule has 0 aromatic heterocycles. The third kappa shape index (κ3) is 4.90. The van der Waals surface area contributed by atoms with E-state index in [2.05, 4.69) is 10.6 Å². The molecule has 1 heterocycles. The van der Waals surface area contributed by atoms with Gasteiger partial charge in [0.05, 0.1) is 19.3 Å². The van der Waals surface area contributed by atoms with Crippen molar-refractivity contribution in [3.05, 3.63) is 35.6 Å². The minimum atomic E-state index is -0.244. The van der Waals surface area contributed by atoms with Gasteiger partial charge in [0.15, 0.2) is 0 Å². The van der Waals surface area contributed by atoms with Gasteiger partial charge in [-0.25, -0.2) is 4.39 Å². The van der Waals surface area contributed by atoms with Gasteiger partial charge in [0.25, 0.3) is 0 Å². The minimum absolute atomic E-state index is 0. The van der Waals surface area contributed by atoms with E-state index in [4.69, 9.17) is 4.74 Å². The highest BCUT2D eigenvalue weighted by atomic mass is 35.5. The third-order valence-electron chi connectivity index (χ3n) is 4.60. The SMILES string of the molecule is Cl.O=C(CC1COCCN1)NC(c1ccc(F)cc1)C1CCC1. The molecule has 2 unspecified atom stereocenters. The molecular weight excluding hydrogens is 319 g/mol. The van der Waals surface area contributed by atoms with E-state index >= 15 is 0 Å². The van der Waals surface area contributed by atoms with Crippen molar-refractivity contribution >= 4 is 18.3 Å². The standard InChI is InChI=1S/C17H23FN2O2.ClH/c18-14-6-4-13(5-7-14)17(12-2-1-3-12)20-16(21)10-15-11-22-9-8-19-15;/h4-7,12,15,17,19H,1-3,8-11H2,(H,20,21);1H. The molecule has 128 valence electrons. The Bertz CT molecular complexity index is 502. The van der Waals surface area contributed by atoms with Gasteiger partial charge in [-0.3, -0.25) is 4.79 Å². The Labute approximate surface area is 142 Å². The van der Waals surface area contributed by atoms with Crippen LogP contribution in [-0.2, 0) is 9.53 Å². The molecular formula is C17H24ClFN2O2. The first kappa shape index (κ1) is 18.2. The first-order chi connectivity index (χ1) is 10.7. The highest BCUT2D eigenvalue weighted by molar-refractivity contribution is 5.85. The molecule has 1 aliphatic carbocycles. The lowest BCUT2D eigenvalue weighted by atomic mass is 9.77. The van der Waals surface area contributed by atoms with E-state index in [-0.39, 0.29) is 36.2 Å². The van der Waals surface area contributed by atoms with Crippen LogP contribution in [0.25, 0.3) is 0 Å². The molecule has 2 aliphatic rings. The summed E-state index contributed by atoms with van der Waals surface area (Å²) in [6.45, 7) is 2.08. The van der Waals surface area contributed by atoms with E-state index in [0.29, 0.717) is 25.6 Å². The van der Waals surface area contributed by atoms with Crippen LogP contribution >= 0.6 is 12.4 Å². The molecule has 1 aromatic rings. The summed E-state index contributed by atoms with van der Waals surface area (Å²) in [5.41, 5.74) is 0.993. The van der Waals surface area contributed by atoms with Crippen molar-refractivity contribution in [1.29, 1.82) is 0 Å². The van der Waals surface area contributed by atoms with E-state index in [1.165, 1.54) is 18.6 Å². The van der Waals surface area contributed by atoms with Crippen LogP contribution in [0.15, 0.2) is 24.3 Å². The highest BCUT2D eigenvalue weighted by Crippen LogP contribution is 2.37. The minimum Gasteiger partial charge on any atom is -0.378 e. The van der Waals surface area contributed by atoms with Crippen LogP contribution in [0.2, 0.25) is 0 Å². The second-order valence-corrected chi connectivity index (χ2v) is 6.22. The van der Waals surface area contributed by atoms with Gasteiger partial charge in [0.2, 0.25) is 5.91 Å². The fourth-order valence-corrected chi connectivity index (χ4v) is 3.12. The number of halogens is 2. The van der Waals surface area contributed by atoms with Crippen molar-refractivity contribution in [2.75, 3.05) is 19.8 Å². The molecule has 1 amide bonds. The average Bonchev–Trinajstić information content (AvgIpc) is 2.46. The van der Waals surface area contributed by atoms with Crippen LogP contribution in [0.3, 0.4) is 0 Å². The zero-order valence-corrected chi connectivity index (χ0v) is 13.9. The van der Waals surface area contributed by atoms with Gasteiger partial charge in [-0.05, 0) is 36.5 Å². The first-order valence-corrected chi connectivity index (χ1v) is 8.08. The van der Waals surface area contributed by atoms with Gasteiger partial charge >= 0.3 is 0 Å². The highest BCUT2D eigenvalue weighted by Gasteiger charge is 2.30. The Morgan fingerprint density at radius 1 is 1.35 bits per heavy atom. The summed E-state index contributed by atoms with van der Waals surface area (Å²) in [7, 11) is 0. The number of benzene rings is 1. The van der Waals surface area contributed by atoms with E-state index < -0.39 is 0 Å². The molecule has 6 heteroatoms. The predicted molar refractivity (Wildman–Crippen MR) is 89.1 cm³/mol. The number of hydrogen-bond acceptors (Lipinski definition) is 3. The fourth-order valence-electron chi connectivity index (χ4n) is 3.12. The molecule has 1 saturated carbocycles. The summed E-state index contributed by atoms with van der Waals surface area (Å²) in [6.07, 6.45) is 3.86. The Hall–Kier alpha value is -1.17. The van der Waals surface area contributed by atoms with E-state index in [0.717, 1.165) is 24.9 Å². The van der Waals surface area contributed by atoms with Gasteiger partial charge in [0.1, 0.15) is 5.82 Å². The maximum Gasteiger partial charge on any atom is 0.222 e. The molecule has 23 heavy (non-hydrogen) atoms. The number of hydrogen-bond donors (Lipinski definition) is 2. The molecule has 1 aliphatic heterocycles. The van der Waals surface area contributed by atoms with E-state index in [1.54, 1.807) is 12.1 Å². The van der Waals surface area contributed by atoms with Gasteiger partial charge in [0, 0.05) is 19.0 Å². The van der Waals surface area contributed by atoms with Crippen molar-refractivity contribution in [3.63, 3.8) is 0 Å². The summed E-state index contributed by atoms with van der Waals surface area (Å²) in [5, 5.41) is 6.44. The van der Waals surface area contributed by atoms with Crippen molar-refractivity contribution in [3.8, 4) is 0 Å². The number of nitrogens with one attached hydrogen (secondary N) is 2. The van der Waals surface area contributed by atoms with Gasteiger partial charge < -0.3 is 15.4 Å². The molecule has 0 bridgehead atoms. The molecule has 4 nitrogen and oxygen atoms in total. The van der Waals surface area contributed by atoms with Crippen LogP contribution in [-0.4, -0.2) is 31.7 Å². The molecule has 1 aromatic carbocycles. The summed E-state index contributed by atoms with van der Waals surface area (Å²) in [5.74, 6) is 0.250. The molecule has 2 atom stereocenters. The summed E-state index contributed by atoms with van der Waals surface area (Å²) in [6, 6.07) is 6.56. The number of ether oxygens (including phenoxy) is 1. The monoisotopic (exact) mass is 342 g/mol. The van der Waals surface area contributed by atoms with Gasteiger partial charge in [-0.2, -0.15) is 0 Å². The first-order valence-electron chi connectivity index (χ1n) is 8.08. The predicted octanol–water partition coefficient (Wildman–Crippen LogP) is 2.58. The maximum absolute atomic E-state index is 13.1. The number of amides is 1. The van der Waals surface area contributed by atoms with Crippen LogP contribution in [0.1, 0.15) is 37.3 Å². The van der Waals surface area contributed by atoms with Gasteiger partial charge in [-0.1, -0.05) is 18.6 Å². The fraction of sp³-hybridized carbons (Fsp3) is 0.588. The number of morpholine rings is 1. The lowest BCUT2D eigenvalue weighted by Gasteiger charge is -2.35. The molecule has 2 fully saturated rings. The lowest BCUT2D eigenvalue weighted by molar-refractivity contribution is -0.123. The molecule has 1 saturated heterocycles. The Morgan fingerprint density at radius 3 is 2.65 bits per heavy atom. The summed E-state index contributed by atoms with van der Waals surface area (Å²) < 4.78 is 18.5. The second kappa shape index (κ2) is 8.62. The number of carbonyl (C=O) groups is 1. The van der Waals surface area contributed by atoms with E-state index in [1.807, 2.05) is 0 Å². The molecule has 3 rings (SSSR count). The zero-order chi connectivity index (χ0) is 15.4. The largest absolute Gasteiger partial charge is 0.378 e. The van der Waals surface area contributed by atoms with E-state index in [9.17, 15) is 9.18 Å². The lowest BCUT2D eigenvalue weighted by Crippen LogP contribution is -2.45. The Morgan fingerprint density at radius 2 is 2.09 bits per heavy atom. The van der Waals surface area contributed by atoms with Crippen LogP contribution in [0.4, 0.5) is 4.39 Å². The number of carbonyl (C=O) groups excluding carboxylic acids is 1. The second-order valence-electron chi connectivity index (χ2n) is 6.22. The normalized spacial score (nSPS) is 22.6. The summed E-state index contributed by atoms with van der Waals surface area (Å²) in [4.78, 5) is 12.3. The molecule has 0 radical (unpaired) electrons. The van der Waals surface area contributed by atoms with Crippen LogP contribution < -0.4 is 10.6 Å². The van der Waals surface area contributed by atoms with Crippen LogP contribution in [0.5, 0.6) is 0 Å². The van der Waals surface area contributed by atoms with Crippen molar-refractivity contribution in [1.82, 2.24) is 10.6 Å². The maximum atomic E-state index is 13.1. The average molecular weight is 343 g/mol. The Kier molecular flexibility index (Phi) is 6.81. The summed E-state index contributed by atoms with van der Waals surface area (Å²) >= 11 is 0. The number of rotatable bonds is 5. The van der Waals surface area contributed by atoms with Gasteiger partial charge in [-0.15, -0.1) is 12.4 Å². The quantitative estimate of drug-likeness (QED) is 0.864. The van der Waals surface area contributed by atoms with Crippen molar-refractivity contribution < 1.29 is 13.9 Å². The van der Waals surface area contributed by atoms with Crippen molar-refractivity contribution in [2.45, 2.75) is 37.8 Å². The van der Waals surface area contributed by atoms with Crippen LogP contribution in [0, 0.1) is 11.7 Å². The third-order valence-corrected chi connectivity index (χ3v) is 4.60. The van der Waals surface area contributed by atoms with Crippen molar-refractivity contribution in [2.24, 2.45) is 5.92 Å². The smallest absolute Gasteiger partial charge is 0.222 e. The molecule has 0 spiro atoms. The Balaban J connectivity index is 0.00000192. The zero-order valence-electron chi connectivity index (χ0n) is 13.1. The topological polar surface area (TPSA) is 50.4 Å². The molecule has 2 N–H and O–H groups in total.